The summed E-state index contributed by atoms with van der Waals surface area (Å²) < 4.78 is 14.1. The maximum absolute atomic E-state index is 14.1. The van der Waals surface area contributed by atoms with E-state index < -0.39 is 11.6 Å². The van der Waals surface area contributed by atoms with Crippen molar-refractivity contribution < 1.29 is 9.18 Å². The second kappa shape index (κ2) is 5.02. The fourth-order valence-corrected chi connectivity index (χ4v) is 2.47. The third kappa shape index (κ3) is 2.24. The first kappa shape index (κ1) is 13.9. The van der Waals surface area contributed by atoms with Crippen molar-refractivity contribution in [3.63, 3.8) is 0 Å². The smallest absolute Gasteiger partial charge is 0.199 e. The highest BCUT2D eigenvalue weighted by Crippen LogP contribution is 2.29. The summed E-state index contributed by atoms with van der Waals surface area (Å²) in [6, 6.07) is 4.26. The monoisotopic (exact) mass is 323 g/mol. The molecule has 106 valence electrons. The number of pyridine rings is 1. The maximum Gasteiger partial charge on any atom is 0.199 e. The fraction of sp³-hybridized carbons (Fsp3) is 0. The largest absolute Gasteiger partial charge is 0.396 e. The van der Waals surface area contributed by atoms with Gasteiger partial charge in [0.15, 0.2) is 11.6 Å². The summed E-state index contributed by atoms with van der Waals surface area (Å²) in [6.07, 6.45) is 2.89. The minimum Gasteiger partial charge on any atom is -0.396 e. The summed E-state index contributed by atoms with van der Waals surface area (Å²) >= 11 is 11.8. The van der Waals surface area contributed by atoms with E-state index in [9.17, 15) is 9.18 Å². The summed E-state index contributed by atoms with van der Waals surface area (Å²) in [5, 5.41) is 0.858. The highest BCUT2D eigenvalue weighted by Gasteiger charge is 2.22. The summed E-state index contributed by atoms with van der Waals surface area (Å²) in [5.74, 6) is -1.42. The predicted molar refractivity (Wildman–Crippen MR) is 80.4 cm³/mol. The molecule has 21 heavy (non-hydrogen) atoms. The van der Waals surface area contributed by atoms with Crippen LogP contribution in [0, 0.1) is 5.82 Å². The molecule has 0 spiro atoms. The Morgan fingerprint density at radius 1 is 1.33 bits per heavy atom. The Balaban J connectivity index is 2.22. The molecule has 7 heteroatoms. The number of nitrogens with zero attached hydrogens (tertiary/aromatic N) is 1. The highest BCUT2D eigenvalue weighted by atomic mass is 35.5. The van der Waals surface area contributed by atoms with E-state index in [2.05, 4.69) is 9.97 Å². The van der Waals surface area contributed by atoms with Gasteiger partial charge in [0.05, 0.1) is 21.3 Å². The van der Waals surface area contributed by atoms with Crippen molar-refractivity contribution >= 4 is 45.7 Å². The molecule has 2 heterocycles. The average Bonchev–Trinajstić information content (AvgIpc) is 2.86. The molecule has 1 aromatic carbocycles. The number of hydrogen-bond acceptors (Lipinski definition) is 3. The summed E-state index contributed by atoms with van der Waals surface area (Å²) in [6.45, 7) is 0. The van der Waals surface area contributed by atoms with E-state index in [1.54, 1.807) is 6.07 Å². The number of aromatic amines is 1. The molecular weight excluding hydrogens is 316 g/mol. The Morgan fingerprint density at radius 3 is 2.86 bits per heavy atom. The number of halogens is 3. The van der Waals surface area contributed by atoms with Gasteiger partial charge in [-0.05, 0) is 18.2 Å². The molecule has 3 N–H and O–H groups in total. The van der Waals surface area contributed by atoms with E-state index in [1.165, 1.54) is 24.5 Å². The highest BCUT2D eigenvalue weighted by molar-refractivity contribution is 6.36. The van der Waals surface area contributed by atoms with Gasteiger partial charge in [-0.3, -0.25) is 4.79 Å². The lowest BCUT2D eigenvalue weighted by Gasteiger charge is -2.06. The first-order valence-corrected chi connectivity index (χ1v) is 6.65. The van der Waals surface area contributed by atoms with Crippen molar-refractivity contribution in [1.29, 1.82) is 0 Å². The number of aromatic nitrogens is 2. The van der Waals surface area contributed by atoms with Crippen LogP contribution in [-0.4, -0.2) is 15.8 Å². The van der Waals surface area contributed by atoms with E-state index in [1.807, 2.05) is 0 Å². The van der Waals surface area contributed by atoms with Crippen LogP contribution in [0.5, 0.6) is 0 Å². The molecule has 0 atom stereocenters. The van der Waals surface area contributed by atoms with Crippen LogP contribution in [0.3, 0.4) is 0 Å². The molecule has 0 bridgehead atoms. The SMILES string of the molecule is Nc1ccc(Cl)c(C(=O)c2c[nH]c3ncc(Cl)cc23)c1F. The lowest BCUT2D eigenvalue weighted by atomic mass is 10.0. The lowest BCUT2D eigenvalue weighted by molar-refractivity contribution is 0.103. The molecule has 0 saturated carbocycles. The van der Waals surface area contributed by atoms with E-state index in [0.717, 1.165) is 0 Å². The Hall–Kier alpha value is -2.11. The fourth-order valence-electron chi connectivity index (χ4n) is 2.08. The van der Waals surface area contributed by atoms with Crippen molar-refractivity contribution in [2.45, 2.75) is 0 Å². The molecule has 4 nitrogen and oxygen atoms in total. The van der Waals surface area contributed by atoms with Crippen molar-refractivity contribution in [2.24, 2.45) is 0 Å². The Bertz CT molecular complexity index is 876. The van der Waals surface area contributed by atoms with Crippen molar-refractivity contribution in [3.05, 3.63) is 57.6 Å². The van der Waals surface area contributed by atoms with Gasteiger partial charge < -0.3 is 10.7 Å². The van der Waals surface area contributed by atoms with Gasteiger partial charge >= 0.3 is 0 Å². The second-order valence-corrected chi connectivity index (χ2v) is 5.25. The third-order valence-electron chi connectivity index (χ3n) is 3.09. The van der Waals surface area contributed by atoms with Crippen LogP contribution < -0.4 is 5.73 Å². The second-order valence-electron chi connectivity index (χ2n) is 4.41. The number of fused-ring (bicyclic) bond motifs is 1. The van der Waals surface area contributed by atoms with Gasteiger partial charge in [0.2, 0.25) is 0 Å². The number of hydrogen-bond donors (Lipinski definition) is 2. The van der Waals surface area contributed by atoms with E-state index in [-0.39, 0.29) is 21.8 Å². The summed E-state index contributed by atoms with van der Waals surface area (Å²) in [7, 11) is 0. The number of benzene rings is 1. The number of nitrogens with one attached hydrogen (secondary N) is 1. The van der Waals surface area contributed by atoms with E-state index >= 15 is 0 Å². The van der Waals surface area contributed by atoms with Gasteiger partial charge in [-0.15, -0.1) is 0 Å². The minimum absolute atomic E-state index is 0.00367. The Kier molecular flexibility index (Phi) is 3.31. The number of nitrogens with two attached hydrogens (primary N) is 1. The molecule has 0 aliphatic carbocycles. The number of ketones is 1. The minimum atomic E-state index is -0.836. The normalized spacial score (nSPS) is 11.0. The van der Waals surface area contributed by atoms with Gasteiger partial charge in [0.25, 0.3) is 0 Å². The van der Waals surface area contributed by atoms with Crippen LogP contribution in [0.15, 0.2) is 30.6 Å². The van der Waals surface area contributed by atoms with Gasteiger partial charge in [-0.2, -0.15) is 0 Å². The molecule has 0 fully saturated rings. The molecule has 0 aliphatic rings. The van der Waals surface area contributed by atoms with E-state index in [4.69, 9.17) is 28.9 Å². The molecule has 0 unspecified atom stereocenters. The topological polar surface area (TPSA) is 71.8 Å². The average molecular weight is 324 g/mol. The first-order valence-electron chi connectivity index (χ1n) is 5.90. The Morgan fingerprint density at radius 2 is 2.10 bits per heavy atom. The number of carbonyl (C=O) groups is 1. The van der Waals surface area contributed by atoms with E-state index in [0.29, 0.717) is 16.1 Å². The van der Waals surface area contributed by atoms with Gasteiger partial charge in [0.1, 0.15) is 5.65 Å². The zero-order chi connectivity index (χ0) is 15.1. The molecule has 3 aromatic rings. The van der Waals surface area contributed by atoms with Gasteiger partial charge in [0, 0.05) is 23.3 Å². The van der Waals surface area contributed by atoms with Crippen LogP contribution in [0.2, 0.25) is 10.0 Å². The summed E-state index contributed by atoms with van der Waals surface area (Å²) in [5.41, 5.74) is 5.79. The molecular formula is C14H8Cl2FN3O. The zero-order valence-electron chi connectivity index (χ0n) is 10.5. The summed E-state index contributed by atoms with van der Waals surface area (Å²) in [4.78, 5) is 19.4. The zero-order valence-corrected chi connectivity index (χ0v) is 12.0. The van der Waals surface area contributed by atoms with Crippen LogP contribution in [0.25, 0.3) is 11.0 Å². The molecule has 0 aliphatic heterocycles. The molecule has 0 radical (unpaired) electrons. The number of nitrogen functional groups attached to an aromatic ring is 1. The van der Waals surface area contributed by atoms with Crippen molar-refractivity contribution in [1.82, 2.24) is 9.97 Å². The van der Waals surface area contributed by atoms with Gasteiger partial charge in [-0.25, -0.2) is 9.37 Å². The van der Waals surface area contributed by atoms with Gasteiger partial charge in [-0.1, -0.05) is 23.2 Å². The third-order valence-corrected chi connectivity index (χ3v) is 3.61. The van der Waals surface area contributed by atoms with Crippen LogP contribution >= 0.6 is 23.2 Å². The van der Waals surface area contributed by atoms with Crippen LogP contribution in [0.4, 0.5) is 10.1 Å². The Labute approximate surface area is 128 Å². The maximum atomic E-state index is 14.1. The molecule has 2 aromatic heterocycles. The quantitative estimate of drug-likeness (QED) is 0.556. The molecule has 0 saturated heterocycles. The standard InChI is InChI=1S/C14H8Cl2FN3O/c15-6-3-7-8(5-20-14(7)19-4-6)13(21)11-9(16)1-2-10(18)12(11)17/h1-5H,18H2,(H,19,20). The van der Waals surface area contributed by atoms with Crippen molar-refractivity contribution in [3.8, 4) is 0 Å². The number of anilines is 1. The van der Waals surface area contributed by atoms with Crippen LogP contribution in [-0.2, 0) is 0 Å². The molecule has 0 amide bonds. The van der Waals surface area contributed by atoms with Crippen molar-refractivity contribution in [2.75, 3.05) is 5.73 Å². The number of H-pyrrole nitrogens is 1. The number of carbonyl (C=O) groups excluding carboxylic acids is 1. The first-order chi connectivity index (χ1) is 9.99. The number of rotatable bonds is 2. The lowest BCUT2D eigenvalue weighted by Crippen LogP contribution is -2.07. The van der Waals surface area contributed by atoms with Crippen LogP contribution in [0.1, 0.15) is 15.9 Å². The predicted octanol–water partition coefficient (Wildman–Crippen LogP) is 3.82. The molecule has 3 rings (SSSR count).